The molecule has 2 aromatic rings. The number of nitrogens with two attached hydrogens (primary N) is 1. The van der Waals surface area contributed by atoms with Gasteiger partial charge >= 0.3 is 0 Å². The number of rotatable bonds is 3. The van der Waals surface area contributed by atoms with E-state index in [1.807, 2.05) is 18.2 Å². The Bertz CT molecular complexity index is 461. The summed E-state index contributed by atoms with van der Waals surface area (Å²) < 4.78 is 1.14. The molecule has 0 aliphatic carbocycles. The highest BCUT2D eigenvalue weighted by molar-refractivity contribution is 7.22. The molecule has 0 amide bonds. The lowest BCUT2D eigenvalue weighted by Gasteiger charge is -1.93. The molecule has 0 aliphatic rings. The van der Waals surface area contributed by atoms with Crippen molar-refractivity contribution in [2.75, 3.05) is 17.6 Å². The summed E-state index contributed by atoms with van der Waals surface area (Å²) in [7, 11) is 0. The minimum atomic E-state index is 0.731. The summed E-state index contributed by atoms with van der Waals surface area (Å²) in [5.41, 5.74) is 7.36. The predicted molar refractivity (Wildman–Crippen MR) is 62.7 cm³/mol. The van der Waals surface area contributed by atoms with Gasteiger partial charge in [0.15, 0.2) is 5.13 Å². The minimum absolute atomic E-state index is 0.731. The summed E-state index contributed by atoms with van der Waals surface area (Å²) >= 11 is 1.62. The quantitative estimate of drug-likeness (QED) is 0.598. The third-order valence-corrected chi connectivity index (χ3v) is 2.80. The van der Waals surface area contributed by atoms with E-state index in [4.69, 9.17) is 5.73 Å². The second kappa shape index (κ2) is 3.67. The van der Waals surface area contributed by atoms with Gasteiger partial charge in [-0.3, -0.25) is 0 Å². The summed E-state index contributed by atoms with van der Waals surface area (Å²) in [6, 6.07) is 5.75. The Balaban J connectivity index is 2.36. The minimum Gasteiger partial charge on any atom is -0.399 e. The van der Waals surface area contributed by atoms with Crippen LogP contribution in [0.2, 0.25) is 0 Å². The fourth-order valence-corrected chi connectivity index (χ4v) is 2.03. The van der Waals surface area contributed by atoms with Crippen LogP contribution >= 0.6 is 11.3 Å². The van der Waals surface area contributed by atoms with Crippen molar-refractivity contribution in [1.82, 2.24) is 4.98 Å². The van der Waals surface area contributed by atoms with Gasteiger partial charge in [0.05, 0.1) is 10.2 Å². The molecular weight excluding hydrogens is 194 g/mol. The monoisotopic (exact) mass is 205 g/mol. The number of nitrogen functional groups attached to an aromatic ring is 1. The third-order valence-electron chi connectivity index (χ3n) is 1.81. The highest BCUT2D eigenvalue weighted by atomic mass is 32.1. The van der Waals surface area contributed by atoms with Crippen LogP contribution in [0.25, 0.3) is 10.2 Å². The number of hydrogen-bond donors (Lipinski definition) is 2. The Kier molecular flexibility index (Phi) is 2.37. The summed E-state index contributed by atoms with van der Waals surface area (Å²) in [4.78, 5) is 4.39. The second-order valence-corrected chi connectivity index (χ2v) is 3.95. The van der Waals surface area contributed by atoms with E-state index >= 15 is 0 Å². The van der Waals surface area contributed by atoms with Crippen LogP contribution in [0.4, 0.5) is 10.8 Å². The van der Waals surface area contributed by atoms with Gasteiger partial charge in [-0.2, -0.15) is 0 Å². The van der Waals surface area contributed by atoms with Crippen molar-refractivity contribution in [3.63, 3.8) is 0 Å². The highest BCUT2D eigenvalue weighted by Crippen LogP contribution is 2.26. The summed E-state index contributed by atoms with van der Waals surface area (Å²) in [5.74, 6) is 0. The van der Waals surface area contributed by atoms with Gasteiger partial charge in [0.1, 0.15) is 0 Å². The number of nitrogens with zero attached hydrogens (tertiary/aromatic N) is 1. The maximum Gasteiger partial charge on any atom is 0.184 e. The number of benzene rings is 1. The number of thiazole rings is 1. The molecule has 1 aromatic heterocycles. The fraction of sp³-hybridized carbons (Fsp3) is 0.100. The smallest absolute Gasteiger partial charge is 0.184 e. The molecule has 1 heterocycles. The van der Waals surface area contributed by atoms with Crippen molar-refractivity contribution in [3.8, 4) is 0 Å². The molecule has 0 bridgehead atoms. The van der Waals surface area contributed by atoms with Gasteiger partial charge in [-0.25, -0.2) is 4.98 Å². The molecule has 0 unspecified atom stereocenters. The van der Waals surface area contributed by atoms with Gasteiger partial charge in [-0.05, 0) is 18.2 Å². The van der Waals surface area contributed by atoms with E-state index in [2.05, 4.69) is 16.9 Å². The Hall–Kier alpha value is -1.55. The van der Waals surface area contributed by atoms with Crippen LogP contribution in [0.1, 0.15) is 0 Å². The lowest BCUT2D eigenvalue weighted by Crippen LogP contribution is -1.95. The van der Waals surface area contributed by atoms with Crippen LogP contribution in [-0.4, -0.2) is 11.5 Å². The SMILES string of the molecule is C=CCNc1nc2cc(N)ccc2s1. The molecule has 0 saturated carbocycles. The molecule has 0 aliphatic heterocycles. The zero-order valence-corrected chi connectivity index (χ0v) is 8.47. The van der Waals surface area contributed by atoms with Crippen LogP contribution < -0.4 is 11.1 Å². The first-order valence-corrected chi connectivity index (χ1v) is 5.12. The number of anilines is 2. The van der Waals surface area contributed by atoms with Crippen LogP contribution in [0.3, 0.4) is 0 Å². The van der Waals surface area contributed by atoms with E-state index in [0.29, 0.717) is 0 Å². The van der Waals surface area contributed by atoms with Gasteiger partial charge in [-0.15, -0.1) is 6.58 Å². The van der Waals surface area contributed by atoms with Crippen LogP contribution in [0, 0.1) is 0 Å². The average Bonchev–Trinajstić information content (AvgIpc) is 2.56. The van der Waals surface area contributed by atoms with E-state index in [9.17, 15) is 0 Å². The highest BCUT2D eigenvalue weighted by Gasteiger charge is 2.02. The molecule has 0 radical (unpaired) electrons. The van der Waals surface area contributed by atoms with Crippen LogP contribution in [-0.2, 0) is 0 Å². The number of hydrogen-bond acceptors (Lipinski definition) is 4. The van der Waals surface area contributed by atoms with Gasteiger partial charge < -0.3 is 11.1 Å². The van der Waals surface area contributed by atoms with E-state index in [0.717, 1.165) is 27.6 Å². The molecule has 14 heavy (non-hydrogen) atoms. The van der Waals surface area contributed by atoms with Crippen molar-refractivity contribution in [2.45, 2.75) is 0 Å². The predicted octanol–water partition coefficient (Wildman–Crippen LogP) is 2.48. The van der Waals surface area contributed by atoms with E-state index in [1.54, 1.807) is 17.4 Å². The molecule has 0 fully saturated rings. The summed E-state index contributed by atoms with van der Waals surface area (Å²) in [5, 5.41) is 4.06. The van der Waals surface area contributed by atoms with Crippen molar-refractivity contribution < 1.29 is 0 Å². The zero-order chi connectivity index (χ0) is 9.97. The summed E-state index contributed by atoms with van der Waals surface area (Å²) in [6.45, 7) is 4.37. The van der Waals surface area contributed by atoms with Crippen molar-refractivity contribution >= 4 is 32.4 Å². The second-order valence-electron chi connectivity index (χ2n) is 2.92. The molecule has 0 atom stereocenters. The standard InChI is InChI=1S/C10H11N3S/c1-2-5-12-10-13-8-6-7(11)3-4-9(8)14-10/h2-4,6H,1,5,11H2,(H,12,13). The fourth-order valence-electron chi connectivity index (χ4n) is 1.18. The van der Waals surface area contributed by atoms with E-state index < -0.39 is 0 Å². The molecule has 3 nitrogen and oxygen atoms in total. The van der Waals surface area contributed by atoms with Crippen LogP contribution in [0.15, 0.2) is 30.9 Å². The molecule has 2 rings (SSSR count). The van der Waals surface area contributed by atoms with E-state index in [1.165, 1.54) is 0 Å². The first-order valence-electron chi connectivity index (χ1n) is 4.30. The molecule has 72 valence electrons. The maximum atomic E-state index is 5.66. The molecule has 3 N–H and O–H groups in total. The Morgan fingerprint density at radius 1 is 1.57 bits per heavy atom. The Morgan fingerprint density at radius 2 is 2.43 bits per heavy atom. The topological polar surface area (TPSA) is 50.9 Å². The normalized spacial score (nSPS) is 10.3. The van der Waals surface area contributed by atoms with E-state index in [-0.39, 0.29) is 0 Å². The molecule has 4 heteroatoms. The third kappa shape index (κ3) is 1.70. The lowest BCUT2D eigenvalue weighted by atomic mass is 10.3. The Morgan fingerprint density at radius 3 is 3.21 bits per heavy atom. The van der Waals surface area contributed by atoms with Gasteiger partial charge in [0.2, 0.25) is 0 Å². The van der Waals surface area contributed by atoms with Crippen molar-refractivity contribution in [3.05, 3.63) is 30.9 Å². The van der Waals surface area contributed by atoms with Crippen molar-refractivity contribution in [1.29, 1.82) is 0 Å². The van der Waals surface area contributed by atoms with Gasteiger partial charge in [0, 0.05) is 12.2 Å². The van der Waals surface area contributed by atoms with Gasteiger partial charge in [-0.1, -0.05) is 17.4 Å². The molecule has 0 spiro atoms. The largest absolute Gasteiger partial charge is 0.399 e. The van der Waals surface area contributed by atoms with Gasteiger partial charge in [0.25, 0.3) is 0 Å². The maximum absolute atomic E-state index is 5.66. The molecular formula is C10H11N3S. The average molecular weight is 205 g/mol. The lowest BCUT2D eigenvalue weighted by molar-refractivity contribution is 1.31. The zero-order valence-electron chi connectivity index (χ0n) is 7.66. The molecule has 0 saturated heterocycles. The summed E-state index contributed by atoms with van der Waals surface area (Å²) in [6.07, 6.45) is 1.81. The molecule has 1 aromatic carbocycles. The van der Waals surface area contributed by atoms with Crippen molar-refractivity contribution in [2.24, 2.45) is 0 Å². The number of aromatic nitrogens is 1. The number of fused-ring (bicyclic) bond motifs is 1. The first-order chi connectivity index (χ1) is 6.79. The Labute approximate surface area is 86.3 Å². The first kappa shape index (κ1) is 9.02. The van der Waals surface area contributed by atoms with Crippen LogP contribution in [0.5, 0.6) is 0 Å². The number of nitrogens with one attached hydrogen (secondary N) is 1.